The van der Waals surface area contributed by atoms with E-state index < -0.39 is 41.7 Å². The highest BCUT2D eigenvalue weighted by molar-refractivity contribution is 5.76. The largest absolute Gasteiger partial charge is 0.462 e. The molecule has 0 unspecified atom stereocenters. The first-order valence-electron chi connectivity index (χ1n) is 12.6. The summed E-state index contributed by atoms with van der Waals surface area (Å²) in [5, 5.41) is 11.9. The first-order valence-corrected chi connectivity index (χ1v) is 12.6. The molecule has 8 nitrogen and oxygen atoms in total. The van der Waals surface area contributed by atoms with Crippen LogP contribution in [0, 0.1) is 29.1 Å². The molecule has 2 aliphatic carbocycles. The van der Waals surface area contributed by atoms with E-state index in [2.05, 4.69) is 11.8 Å². The van der Waals surface area contributed by atoms with Gasteiger partial charge in [-0.2, -0.15) is 0 Å². The topological polar surface area (TPSA) is 102 Å². The second kappa shape index (κ2) is 9.53. The third-order valence-corrected chi connectivity index (χ3v) is 8.72. The normalized spacial score (nSPS) is 43.6. The number of hydrogen-bond donors (Lipinski definition) is 1. The molecule has 0 radical (unpaired) electrons. The quantitative estimate of drug-likeness (QED) is 0.499. The van der Waals surface area contributed by atoms with Gasteiger partial charge >= 0.3 is 17.9 Å². The predicted molar refractivity (Wildman–Crippen MR) is 119 cm³/mol. The van der Waals surface area contributed by atoms with Gasteiger partial charge in [-0.05, 0) is 38.3 Å². The Morgan fingerprint density at radius 3 is 2.33 bits per heavy atom. The number of carbonyl (C=O) groups excluding carboxylic acids is 3. The Hall–Kier alpha value is -1.67. The SMILES string of the molecule is CC(=O)O[C@H]1C[C@H](OC(C)=O)[C@]2(C)[C@H]1[C@H](C)C[C@@H]1OC(=O)[C@H](CN3CCCCCC3)[C@H]1[C@@H]2O. The van der Waals surface area contributed by atoms with E-state index in [1.807, 2.05) is 6.92 Å². The van der Waals surface area contributed by atoms with Crippen LogP contribution in [0.4, 0.5) is 0 Å². The number of likely N-dealkylation sites (tertiary alicyclic amines) is 1. The standard InChI is InChI=1S/C25H39NO7/c1-14-11-18-21(17(24(30)33-18)13-26-9-7-5-6-8-10-26)23(29)25(4)20(32-16(3)28)12-19(22(14)25)31-15(2)27/h14,17-23,29H,5-13H2,1-4H3/t14-,17-,18+,19+,20+,21-,22+,23+,25-/m1/s1. The van der Waals surface area contributed by atoms with E-state index in [9.17, 15) is 19.5 Å². The van der Waals surface area contributed by atoms with Crippen LogP contribution in [0.1, 0.15) is 66.2 Å². The summed E-state index contributed by atoms with van der Waals surface area (Å²) in [6, 6.07) is 0. The maximum absolute atomic E-state index is 13.0. The van der Waals surface area contributed by atoms with Crippen molar-refractivity contribution in [3.05, 3.63) is 0 Å². The number of rotatable bonds is 4. The molecule has 186 valence electrons. The van der Waals surface area contributed by atoms with Gasteiger partial charge in [0.2, 0.25) is 0 Å². The Kier molecular flexibility index (Phi) is 7.06. The van der Waals surface area contributed by atoms with Crippen LogP contribution in [0.15, 0.2) is 0 Å². The molecule has 2 saturated carbocycles. The van der Waals surface area contributed by atoms with Crippen molar-refractivity contribution in [1.82, 2.24) is 4.90 Å². The van der Waals surface area contributed by atoms with E-state index in [4.69, 9.17) is 14.2 Å². The minimum Gasteiger partial charge on any atom is -0.462 e. The van der Waals surface area contributed by atoms with Crippen molar-refractivity contribution >= 4 is 17.9 Å². The Balaban J connectivity index is 1.67. The number of aliphatic hydroxyl groups excluding tert-OH is 1. The summed E-state index contributed by atoms with van der Waals surface area (Å²) >= 11 is 0. The van der Waals surface area contributed by atoms with E-state index >= 15 is 0 Å². The zero-order valence-corrected chi connectivity index (χ0v) is 20.3. The molecule has 0 aromatic carbocycles. The number of fused-ring (bicyclic) bond motifs is 2. The molecule has 4 fully saturated rings. The molecular weight excluding hydrogens is 426 g/mol. The van der Waals surface area contributed by atoms with Crippen LogP contribution in [0.3, 0.4) is 0 Å². The molecule has 2 aliphatic heterocycles. The van der Waals surface area contributed by atoms with Crippen LogP contribution in [-0.2, 0) is 28.6 Å². The summed E-state index contributed by atoms with van der Waals surface area (Å²) in [7, 11) is 0. The molecule has 33 heavy (non-hydrogen) atoms. The van der Waals surface area contributed by atoms with Gasteiger partial charge in [-0.15, -0.1) is 0 Å². The molecule has 1 N–H and O–H groups in total. The molecule has 0 aromatic heterocycles. The summed E-state index contributed by atoms with van der Waals surface area (Å²) in [6.45, 7) is 9.22. The molecule has 0 bridgehead atoms. The van der Waals surface area contributed by atoms with E-state index in [1.165, 1.54) is 26.7 Å². The van der Waals surface area contributed by atoms with Crippen molar-refractivity contribution in [2.24, 2.45) is 29.1 Å². The Morgan fingerprint density at radius 2 is 1.73 bits per heavy atom. The average molecular weight is 466 g/mol. The Morgan fingerprint density at radius 1 is 1.09 bits per heavy atom. The number of nitrogens with zero attached hydrogens (tertiary/aromatic N) is 1. The van der Waals surface area contributed by atoms with E-state index in [-0.39, 0.29) is 29.7 Å². The lowest BCUT2D eigenvalue weighted by molar-refractivity contribution is -0.165. The highest BCUT2D eigenvalue weighted by atomic mass is 16.6. The third kappa shape index (κ3) is 4.53. The fourth-order valence-corrected chi connectivity index (χ4v) is 7.38. The van der Waals surface area contributed by atoms with Crippen molar-refractivity contribution in [3.63, 3.8) is 0 Å². The summed E-state index contributed by atoms with van der Waals surface area (Å²) in [4.78, 5) is 39.2. The first kappa shape index (κ1) is 24.5. The second-order valence-electron chi connectivity index (χ2n) is 10.9. The van der Waals surface area contributed by atoms with Crippen LogP contribution in [0.25, 0.3) is 0 Å². The van der Waals surface area contributed by atoms with E-state index in [0.717, 1.165) is 25.9 Å². The summed E-state index contributed by atoms with van der Waals surface area (Å²) < 4.78 is 17.3. The lowest BCUT2D eigenvalue weighted by atomic mass is 9.66. The van der Waals surface area contributed by atoms with Gasteiger partial charge in [-0.1, -0.05) is 26.7 Å². The van der Waals surface area contributed by atoms with Gasteiger partial charge in [0.05, 0.1) is 12.0 Å². The van der Waals surface area contributed by atoms with Crippen LogP contribution >= 0.6 is 0 Å². The van der Waals surface area contributed by atoms with Crippen molar-refractivity contribution in [3.8, 4) is 0 Å². The lowest BCUT2D eigenvalue weighted by Crippen LogP contribution is -2.52. The molecular formula is C25H39NO7. The number of aliphatic hydroxyl groups is 1. The van der Waals surface area contributed by atoms with Gasteiger partial charge in [-0.3, -0.25) is 14.4 Å². The van der Waals surface area contributed by atoms with Gasteiger partial charge < -0.3 is 24.2 Å². The molecule has 2 saturated heterocycles. The van der Waals surface area contributed by atoms with Gasteiger partial charge in [-0.25, -0.2) is 0 Å². The minimum atomic E-state index is -0.925. The van der Waals surface area contributed by atoms with E-state index in [0.29, 0.717) is 19.4 Å². The molecule has 4 rings (SSSR count). The maximum atomic E-state index is 13.0. The van der Waals surface area contributed by atoms with Crippen LogP contribution in [-0.4, -0.2) is 72.0 Å². The lowest BCUT2D eigenvalue weighted by Gasteiger charge is -2.43. The summed E-state index contributed by atoms with van der Waals surface area (Å²) in [5.41, 5.74) is -0.852. The van der Waals surface area contributed by atoms with Gasteiger partial charge in [0.15, 0.2) is 0 Å². The van der Waals surface area contributed by atoms with Crippen molar-refractivity contribution in [2.75, 3.05) is 19.6 Å². The smallest absolute Gasteiger partial charge is 0.311 e. The van der Waals surface area contributed by atoms with Crippen molar-refractivity contribution < 1.29 is 33.7 Å². The number of hydrogen-bond acceptors (Lipinski definition) is 8. The zero-order chi connectivity index (χ0) is 23.9. The van der Waals surface area contributed by atoms with Gasteiger partial charge in [0.1, 0.15) is 18.3 Å². The first-order chi connectivity index (χ1) is 15.6. The van der Waals surface area contributed by atoms with Crippen LogP contribution in [0.2, 0.25) is 0 Å². The summed E-state index contributed by atoms with van der Waals surface area (Å²) in [5.74, 6) is -2.05. The van der Waals surface area contributed by atoms with Crippen LogP contribution < -0.4 is 0 Å². The zero-order valence-electron chi connectivity index (χ0n) is 20.3. The maximum Gasteiger partial charge on any atom is 0.311 e. The molecule has 9 atom stereocenters. The molecule has 2 heterocycles. The molecule has 0 spiro atoms. The van der Waals surface area contributed by atoms with Crippen molar-refractivity contribution in [2.45, 2.75) is 90.6 Å². The third-order valence-electron chi connectivity index (χ3n) is 8.72. The Labute approximate surface area is 196 Å². The summed E-state index contributed by atoms with van der Waals surface area (Å²) in [6.07, 6.45) is 3.22. The predicted octanol–water partition coefficient (Wildman–Crippen LogP) is 2.31. The monoisotopic (exact) mass is 465 g/mol. The van der Waals surface area contributed by atoms with Crippen LogP contribution in [0.5, 0.6) is 0 Å². The molecule has 8 heteroatoms. The van der Waals surface area contributed by atoms with E-state index in [1.54, 1.807) is 0 Å². The number of ether oxygens (including phenoxy) is 3. The molecule has 0 amide bonds. The number of esters is 3. The average Bonchev–Trinajstić information content (AvgIpc) is 2.99. The highest BCUT2D eigenvalue weighted by Gasteiger charge is 2.67. The van der Waals surface area contributed by atoms with Gasteiger partial charge in [0, 0.05) is 44.1 Å². The second-order valence-corrected chi connectivity index (χ2v) is 10.9. The highest BCUT2D eigenvalue weighted by Crippen LogP contribution is 2.59. The molecule has 0 aromatic rings. The van der Waals surface area contributed by atoms with Crippen molar-refractivity contribution in [1.29, 1.82) is 0 Å². The fraction of sp³-hybridized carbons (Fsp3) is 0.880. The number of carbonyl (C=O) groups is 3. The van der Waals surface area contributed by atoms with Gasteiger partial charge in [0.25, 0.3) is 0 Å². The molecule has 4 aliphatic rings. The minimum absolute atomic E-state index is 0.00861. The fourth-order valence-electron chi connectivity index (χ4n) is 7.38. The Bertz CT molecular complexity index is 764.